The van der Waals surface area contributed by atoms with Crippen LogP contribution in [0.1, 0.15) is 23.2 Å². The van der Waals surface area contributed by atoms with Crippen molar-refractivity contribution < 1.29 is 9.18 Å². The normalized spacial score (nSPS) is 12.5. The molecule has 7 nitrogen and oxygen atoms in total. The van der Waals surface area contributed by atoms with Crippen molar-refractivity contribution in [2.24, 2.45) is 0 Å². The maximum Gasteiger partial charge on any atom is 0.331 e. The summed E-state index contributed by atoms with van der Waals surface area (Å²) in [6.45, 7) is -0.0579. The lowest BCUT2D eigenvalue weighted by Gasteiger charge is -2.18. The SMILES string of the molecule is CN(Cc1ccccc1F)C(=O)Cn1c(=O)c(C#N)c2n(c1=O)CCC2. The van der Waals surface area contributed by atoms with Crippen LogP contribution in [0.4, 0.5) is 4.39 Å². The second-order valence-electron chi connectivity index (χ2n) is 6.20. The summed E-state index contributed by atoms with van der Waals surface area (Å²) in [6.07, 6.45) is 1.17. The van der Waals surface area contributed by atoms with Crippen LogP contribution in [-0.2, 0) is 30.8 Å². The van der Waals surface area contributed by atoms with Crippen LogP contribution in [0.15, 0.2) is 33.9 Å². The first-order chi connectivity index (χ1) is 12.4. The summed E-state index contributed by atoms with van der Waals surface area (Å²) in [5.41, 5.74) is -0.663. The number of rotatable bonds is 4. The molecule has 0 N–H and O–H groups in total. The van der Waals surface area contributed by atoms with Gasteiger partial charge in [0.05, 0.1) is 0 Å². The van der Waals surface area contributed by atoms with Crippen molar-refractivity contribution in [3.63, 3.8) is 0 Å². The van der Waals surface area contributed by atoms with Crippen LogP contribution in [-0.4, -0.2) is 27.0 Å². The second kappa shape index (κ2) is 6.96. The van der Waals surface area contributed by atoms with E-state index in [1.54, 1.807) is 18.2 Å². The highest BCUT2D eigenvalue weighted by Crippen LogP contribution is 2.13. The van der Waals surface area contributed by atoms with Gasteiger partial charge >= 0.3 is 5.69 Å². The number of halogens is 1. The quantitative estimate of drug-likeness (QED) is 0.804. The Bertz CT molecular complexity index is 1030. The zero-order valence-corrected chi connectivity index (χ0v) is 14.2. The predicted octanol–water partition coefficient (Wildman–Crippen LogP) is 0.626. The van der Waals surface area contributed by atoms with Gasteiger partial charge in [-0.3, -0.25) is 14.2 Å². The minimum Gasteiger partial charge on any atom is -0.340 e. The van der Waals surface area contributed by atoms with Crippen LogP contribution in [0.3, 0.4) is 0 Å². The fourth-order valence-electron chi connectivity index (χ4n) is 3.11. The number of nitriles is 1. The lowest BCUT2D eigenvalue weighted by atomic mass is 10.2. The second-order valence-corrected chi connectivity index (χ2v) is 6.20. The number of hydrogen-bond acceptors (Lipinski definition) is 4. The van der Waals surface area contributed by atoms with Gasteiger partial charge in [-0.15, -0.1) is 0 Å². The van der Waals surface area contributed by atoms with Gasteiger partial charge in [0, 0.05) is 31.4 Å². The molecule has 0 atom stereocenters. The fraction of sp³-hybridized carbons (Fsp3) is 0.333. The molecule has 0 spiro atoms. The summed E-state index contributed by atoms with van der Waals surface area (Å²) in [5, 5.41) is 9.25. The molecule has 0 bridgehead atoms. The van der Waals surface area contributed by atoms with Gasteiger partial charge in [0.25, 0.3) is 5.56 Å². The Morgan fingerprint density at radius 3 is 2.77 bits per heavy atom. The van der Waals surface area contributed by atoms with Gasteiger partial charge < -0.3 is 4.90 Å². The minimum absolute atomic E-state index is 0.0115. The van der Waals surface area contributed by atoms with Crippen molar-refractivity contribution in [2.75, 3.05) is 7.05 Å². The summed E-state index contributed by atoms with van der Waals surface area (Å²) in [4.78, 5) is 38.6. The van der Waals surface area contributed by atoms with E-state index in [1.807, 2.05) is 6.07 Å². The molecule has 0 radical (unpaired) electrons. The standard InChI is InChI=1S/C18H17FN4O3/c1-21(10-12-5-2-3-6-14(12)19)16(24)11-23-17(25)13(9-20)15-7-4-8-22(15)18(23)26/h2-3,5-6H,4,7-8,10-11H2,1H3. The Hall–Kier alpha value is -3.21. The van der Waals surface area contributed by atoms with Crippen molar-refractivity contribution in [1.29, 1.82) is 5.26 Å². The lowest BCUT2D eigenvalue weighted by Crippen LogP contribution is -2.45. The van der Waals surface area contributed by atoms with Crippen molar-refractivity contribution in [1.82, 2.24) is 14.0 Å². The summed E-state index contributed by atoms with van der Waals surface area (Å²) in [5.74, 6) is -0.955. The molecular weight excluding hydrogens is 339 g/mol. The Kier molecular flexibility index (Phi) is 4.71. The molecule has 1 aromatic heterocycles. The summed E-state index contributed by atoms with van der Waals surface area (Å²) >= 11 is 0. The molecule has 0 fully saturated rings. The number of fused-ring (bicyclic) bond motifs is 1. The van der Waals surface area contributed by atoms with Gasteiger partial charge in [-0.05, 0) is 18.9 Å². The molecule has 2 aromatic rings. The smallest absolute Gasteiger partial charge is 0.331 e. The third-order valence-corrected chi connectivity index (χ3v) is 4.53. The van der Waals surface area contributed by atoms with E-state index in [0.717, 1.165) is 4.57 Å². The molecule has 3 rings (SSSR count). The van der Waals surface area contributed by atoms with Crippen molar-refractivity contribution in [3.05, 3.63) is 67.7 Å². The van der Waals surface area contributed by atoms with E-state index >= 15 is 0 Å². The number of carbonyl (C=O) groups excluding carboxylic acids is 1. The number of amides is 1. The van der Waals surface area contributed by atoms with E-state index in [4.69, 9.17) is 0 Å². The van der Waals surface area contributed by atoms with Gasteiger partial charge in [0.15, 0.2) is 0 Å². The fourth-order valence-corrected chi connectivity index (χ4v) is 3.11. The molecule has 8 heteroatoms. The number of aromatic nitrogens is 2. The molecule has 0 unspecified atom stereocenters. The number of nitrogens with zero attached hydrogens (tertiary/aromatic N) is 4. The van der Waals surface area contributed by atoms with Gasteiger partial charge in [0.2, 0.25) is 5.91 Å². The molecule has 134 valence electrons. The van der Waals surface area contributed by atoms with Crippen LogP contribution >= 0.6 is 0 Å². The molecule has 1 aliphatic rings. The minimum atomic E-state index is -0.752. The average Bonchev–Trinajstić information content (AvgIpc) is 3.10. The summed E-state index contributed by atoms with van der Waals surface area (Å²) in [6, 6.07) is 7.91. The Morgan fingerprint density at radius 1 is 1.35 bits per heavy atom. The third-order valence-electron chi connectivity index (χ3n) is 4.53. The van der Waals surface area contributed by atoms with Gasteiger partial charge in [-0.2, -0.15) is 5.26 Å². The van der Waals surface area contributed by atoms with Gasteiger partial charge in [-0.1, -0.05) is 18.2 Å². The van der Waals surface area contributed by atoms with E-state index in [1.165, 1.54) is 22.6 Å². The van der Waals surface area contributed by atoms with Crippen LogP contribution in [0.5, 0.6) is 0 Å². The highest BCUT2D eigenvalue weighted by molar-refractivity contribution is 5.75. The number of likely N-dealkylation sites (N-methyl/N-ethyl adjacent to an activating group) is 1. The molecule has 1 amide bonds. The Labute approximate surface area is 148 Å². The predicted molar refractivity (Wildman–Crippen MR) is 90.9 cm³/mol. The molecule has 26 heavy (non-hydrogen) atoms. The summed E-state index contributed by atoms with van der Waals surface area (Å²) < 4.78 is 15.9. The molecule has 1 aromatic carbocycles. The van der Waals surface area contributed by atoms with E-state index in [9.17, 15) is 24.0 Å². The van der Waals surface area contributed by atoms with Crippen LogP contribution in [0.2, 0.25) is 0 Å². The molecule has 2 heterocycles. The van der Waals surface area contributed by atoms with E-state index in [0.29, 0.717) is 30.6 Å². The first kappa shape index (κ1) is 17.6. The third kappa shape index (κ3) is 3.04. The topological polar surface area (TPSA) is 88.1 Å². The largest absolute Gasteiger partial charge is 0.340 e. The van der Waals surface area contributed by atoms with Crippen LogP contribution in [0, 0.1) is 17.1 Å². The van der Waals surface area contributed by atoms with Crippen molar-refractivity contribution in [3.8, 4) is 6.07 Å². The average molecular weight is 356 g/mol. The highest BCUT2D eigenvalue weighted by atomic mass is 19.1. The first-order valence-electron chi connectivity index (χ1n) is 8.18. The maximum absolute atomic E-state index is 13.7. The zero-order valence-electron chi connectivity index (χ0n) is 14.2. The van der Waals surface area contributed by atoms with E-state index in [2.05, 4.69) is 0 Å². The maximum atomic E-state index is 13.7. The molecule has 1 aliphatic heterocycles. The Balaban J connectivity index is 1.89. The molecule has 0 saturated heterocycles. The highest BCUT2D eigenvalue weighted by Gasteiger charge is 2.24. The lowest BCUT2D eigenvalue weighted by molar-refractivity contribution is -0.131. The monoisotopic (exact) mass is 356 g/mol. The van der Waals surface area contributed by atoms with Crippen molar-refractivity contribution in [2.45, 2.75) is 32.5 Å². The zero-order chi connectivity index (χ0) is 18.8. The van der Waals surface area contributed by atoms with Gasteiger partial charge in [0.1, 0.15) is 24.0 Å². The first-order valence-corrected chi connectivity index (χ1v) is 8.18. The molecular formula is C18H17FN4O3. The number of carbonyl (C=O) groups is 1. The van der Waals surface area contributed by atoms with E-state index in [-0.39, 0.29) is 12.1 Å². The molecule has 0 aliphatic carbocycles. The summed E-state index contributed by atoms with van der Waals surface area (Å²) in [7, 11) is 1.47. The van der Waals surface area contributed by atoms with E-state index < -0.39 is 29.5 Å². The Morgan fingerprint density at radius 2 is 2.08 bits per heavy atom. The van der Waals surface area contributed by atoms with Crippen LogP contribution < -0.4 is 11.2 Å². The number of hydrogen-bond donors (Lipinski definition) is 0. The number of benzene rings is 1. The van der Waals surface area contributed by atoms with Crippen LogP contribution in [0.25, 0.3) is 0 Å². The van der Waals surface area contributed by atoms with Crippen molar-refractivity contribution >= 4 is 5.91 Å². The van der Waals surface area contributed by atoms with Gasteiger partial charge in [-0.25, -0.2) is 13.8 Å². The molecule has 0 saturated carbocycles.